The molecule has 1 aromatic carbocycles. The quantitative estimate of drug-likeness (QED) is 0.853. The van der Waals surface area contributed by atoms with Crippen molar-refractivity contribution < 1.29 is 9.15 Å². The molecule has 0 bridgehead atoms. The highest BCUT2D eigenvalue weighted by molar-refractivity contribution is 5.77. The van der Waals surface area contributed by atoms with Crippen LogP contribution in [0.15, 0.2) is 34.7 Å². The minimum Gasteiger partial charge on any atom is -0.459 e. The number of ether oxygens (including phenoxy) is 1. The molecule has 0 aliphatic carbocycles. The smallest absolute Gasteiger partial charge is 0.134 e. The standard InChI is InChI=1S/C18H25NO2/c1-2-10-19-16(13-15-8-5-6-11-20-15)18-12-14-7-3-4-9-17(14)21-18/h3-4,7,9,12,15-16,19H,2,5-6,8,10-11,13H2,1H3. The molecule has 1 N–H and O–H groups in total. The molecule has 21 heavy (non-hydrogen) atoms. The van der Waals surface area contributed by atoms with Crippen molar-refractivity contribution in [3.05, 3.63) is 36.1 Å². The van der Waals surface area contributed by atoms with Gasteiger partial charge >= 0.3 is 0 Å². The van der Waals surface area contributed by atoms with E-state index in [1.165, 1.54) is 24.6 Å². The zero-order valence-electron chi connectivity index (χ0n) is 12.8. The second-order valence-electron chi connectivity index (χ2n) is 5.92. The number of hydrogen-bond acceptors (Lipinski definition) is 3. The van der Waals surface area contributed by atoms with E-state index in [1.54, 1.807) is 0 Å². The van der Waals surface area contributed by atoms with Gasteiger partial charge in [-0.25, -0.2) is 0 Å². The van der Waals surface area contributed by atoms with E-state index in [4.69, 9.17) is 9.15 Å². The predicted octanol–water partition coefficient (Wildman–Crippen LogP) is 4.43. The number of para-hydroxylation sites is 1. The molecule has 0 amide bonds. The predicted molar refractivity (Wildman–Crippen MR) is 85.5 cm³/mol. The van der Waals surface area contributed by atoms with Crippen LogP contribution in [0.1, 0.15) is 50.8 Å². The maximum absolute atomic E-state index is 6.05. The number of rotatable bonds is 6. The second-order valence-corrected chi connectivity index (χ2v) is 5.92. The van der Waals surface area contributed by atoms with Gasteiger partial charge in [0.25, 0.3) is 0 Å². The van der Waals surface area contributed by atoms with Gasteiger partial charge in [0.1, 0.15) is 11.3 Å². The van der Waals surface area contributed by atoms with Crippen molar-refractivity contribution in [2.45, 2.75) is 51.2 Å². The summed E-state index contributed by atoms with van der Waals surface area (Å²) < 4.78 is 12.0. The number of nitrogens with one attached hydrogen (secondary N) is 1. The van der Waals surface area contributed by atoms with Crippen LogP contribution >= 0.6 is 0 Å². The molecular weight excluding hydrogens is 262 g/mol. The molecule has 3 heteroatoms. The fourth-order valence-electron chi connectivity index (χ4n) is 3.05. The lowest BCUT2D eigenvalue weighted by atomic mass is 10.00. The lowest BCUT2D eigenvalue weighted by Crippen LogP contribution is -2.29. The normalized spacial score (nSPS) is 20.7. The molecule has 2 aromatic rings. The third-order valence-corrected chi connectivity index (χ3v) is 4.20. The summed E-state index contributed by atoms with van der Waals surface area (Å²) in [6.45, 7) is 4.11. The van der Waals surface area contributed by atoms with E-state index < -0.39 is 0 Å². The highest BCUT2D eigenvalue weighted by Crippen LogP contribution is 2.29. The summed E-state index contributed by atoms with van der Waals surface area (Å²) in [6, 6.07) is 10.6. The lowest BCUT2D eigenvalue weighted by molar-refractivity contribution is 0.00383. The van der Waals surface area contributed by atoms with Gasteiger partial charge in [-0.2, -0.15) is 0 Å². The molecule has 1 fully saturated rings. The Morgan fingerprint density at radius 1 is 1.29 bits per heavy atom. The lowest BCUT2D eigenvalue weighted by Gasteiger charge is -2.26. The SMILES string of the molecule is CCCNC(CC1CCCCO1)c1cc2ccccc2o1. The van der Waals surface area contributed by atoms with Crippen LogP contribution in [0.2, 0.25) is 0 Å². The Morgan fingerprint density at radius 2 is 2.19 bits per heavy atom. The van der Waals surface area contributed by atoms with Crippen LogP contribution in [-0.4, -0.2) is 19.3 Å². The minimum atomic E-state index is 0.250. The van der Waals surface area contributed by atoms with Gasteiger partial charge in [-0.15, -0.1) is 0 Å². The van der Waals surface area contributed by atoms with E-state index in [1.807, 2.05) is 12.1 Å². The summed E-state index contributed by atoms with van der Waals surface area (Å²) >= 11 is 0. The fourth-order valence-corrected chi connectivity index (χ4v) is 3.05. The van der Waals surface area contributed by atoms with E-state index in [0.29, 0.717) is 6.10 Å². The van der Waals surface area contributed by atoms with E-state index in [0.717, 1.165) is 37.3 Å². The van der Waals surface area contributed by atoms with Gasteiger partial charge in [0.2, 0.25) is 0 Å². The summed E-state index contributed by atoms with van der Waals surface area (Å²) in [7, 11) is 0. The fraction of sp³-hybridized carbons (Fsp3) is 0.556. The molecule has 2 atom stereocenters. The van der Waals surface area contributed by atoms with E-state index in [9.17, 15) is 0 Å². The Labute approximate surface area is 126 Å². The van der Waals surface area contributed by atoms with Crippen molar-refractivity contribution in [1.29, 1.82) is 0 Å². The molecule has 3 nitrogen and oxygen atoms in total. The average Bonchev–Trinajstić information content (AvgIpc) is 2.96. The molecule has 1 aliphatic heterocycles. The second kappa shape index (κ2) is 7.10. The molecule has 1 saturated heterocycles. The van der Waals surface area contributed by atoms with Crippen LogP contribution < -0.4 is 5.32 Å². The van der Waals surface area contributed by atoms with Gasteiger partial charge in [0, 0.05) is 12.0 Å². The molecule has 2 unspecified atom stereocenters. The monoisotopic (exact) mass is 287 g/mol. The van der Waals surface area contributed by atoms with Crippen molar-refractivity contribution >= 4 is 11.0 Å². The Balaban J connectivity index is 1.76. The first-order valence-electron chi connectivity index (χ1n) is 8.20. The third-order valence-electron chi connectivity index (χ3n) is 4.20. The Morgan fingerprint density at radius 3 is 2.95 bits per heavy atom. The Bertz CT molecular complexity index is 524. The largest absolute Gasteiger partial charge is 0.459 e. The van der Waals surface area contributed by atoms with Gasteiger partial charge in [-0.1, -0.05) is 25.1 Å². The van der Waals surface area contributed by atoms with Crippen molar-refractivity contribution in [3.63, 3.8) is 0 Å². The zero-order chi connectivity index (χ0) is 14.5. The van der Waals surface area contributed by atoms with Crippen LogP contribution in [0.4, 0.5) is 0 Å². The van der Waals surface area contributed by atoms with E-state index in [2.05, 4.69) is 30.4 Å². The molecule has 1 aliphatic rings. The molecule has 2 heterocycles. The Kier molecular flexibility index (Phi) is 4.94. The number of hydrogen-bond donors (Lipinski definition) is 1. The molecule has 0 spiro atoms. The highest BCUT2D eigenvalue weighted by Gasteiger charge is 2.23. The molecule has 0 saturated carbocycles. The van der Waals surface area contributed by atoms with Crippen molar-refractivity contribution in [1.82, 2.24) is 5.32 Å². The summed E-state index contributed by atoms with van der Waals surface area (Å²) in [5, 5.41) is 4.80. The number of fused-ring (bicyclic) bond motifs is 1. The van der Waals surface area contributed by atoms with Gasteiger partial charge < -0.3 is 14.5 Å². The maximum atomic E-state index is 6.05. The topological polar surface area (TPSA) is 34.4 Å². The van der Waals surface area contributed by atoms with Gasteiger partial charge in [0.05, 0.1) is 12.1 Å². The van der Waals surface area contributed by atoms with Gasteiger partial charge in [-0.05, 0) is 50.8 Å². The number of furan rings is 1. The average molecular weight is 287 g/mol. The first-order chi connectivity index (χ1) is 10.4. The van der Waals surface area contributed by atoms with Gasteiger partial charge in [-0.3, -0.25) is 0 Å². The van der Waals surface area contributed by atoms with Crippen LogP contribution in [0, 0.1) is 0 Å². The Hall–Kier alpha value is -1.32. The third kappa shape index (κ3) is 3.66. The zero-order valence-corrected chi connectivity index (χ0v) is 12.8. The van der Waals surface area contributed by atoms with Crippen molar-refractivity contribution in [2.75, 3.05) is 13.2 Å². The summed E-state index contributed by atoms with van der Waals surface area (Å²) in [4.78, 5) is 0. The molecule has 0 radical (unpaired) electrons. The number of benzene rings is 1. The minimum absolute atomic E-state index is 0.250. The van der Waals surface area contributed by atoms with Crippen molar-refractivity contribution in [3.8, 4) is 0 Å². The molecule has 114 valence electrons. The molecule has 3 rings (SSSR count). The van der Waals surface area contributed by atoms with Crippen molar-refractivity contribution in [2.24, 2.45) is 0 Å². The van der Waals surface area contributed by atoms with Crippen LogP contribution in [0.3, 0.4) is 0 Å². The van der Waals surface area contributed by atoms with E-state index >= 15 is 0 Å². The van der Waals surface area contributed by atoms with Crippen LogP contribution in [0.5, 0.6) is 0 Å². The maximum Gasteiger partial charge on any atom is 0.134 e. The van der Waals surface area contributed by atoms with Gasteiger partial charge in [0.15, 0.2) is 0 Å². The molecular formula is C18H25NO2. The van der Waals surface area contributed by atoms with Crippen LogP contribution in [-0.2, 0) is 4.74 Å². The first-order valence-corrected chi connectivity index (χ1v) is 8.20. The summed E-state index contributed by atoms with van der Waals surface area (Å²) in [5.41, 5.74) is 0.973. The molecule has 1 aromatic heterocycles. The van der Waals surface area contributed by atoms with Crippen LogP contribution in [0.25, 0.3) is 11.0 Å². The first kappa shape index (κ1) is 14.6. The summed E-state index contributed by atoms with van der Waals surface area (Å²) in [6.07, 6.45) is 6.15. The van der Waals surface area contributed by atoms with E-state index in [-0.39, 0.29) is 6.04 Å². The summed E-state index contributed by atoms with van der Waals surface area (Å²) in [5.74, 6) is 1.04. The highest BCUT2D eigenvalue weighted by atomic mass is 16.5.